The van der Waals surface area contributed by atoms with Crippen LogP contribution in [0.25, 0.3) is 0 Å². The average Bonchev–Trinajstić information content (AvgIpc) is 2.48. The fourth-order valence-electron chi connectivity index (χ4n) is 1.64. The van der Waals surface area contributed by atoms with Crippen LogP contribution in [0.5, 0.6) is 0 Å². The summed E-state index contributed by atoms with van der Waals surface area (Å²) in [5.41, 5.74) is 3.59. The summed E-state index contributed by atoms with van der Waals surface area (Å²) in [6.45, 7) is 3.96. The molecule has 0 heterocycles. The van der Waals surface area contributed by atoms with Crippen molar-refractivity contribution in [3.63, 3.8) is 0 Å². The van der Waals surface area contributed by atoms with E-state index in [4.69, 9.17) is 11.6 Å². The highest BCUT2D eigenvalue weighted by atomic mass is 35.5. The quantitative estimate of drug-likeness (QED) is 0.783. The van der Waals surface area contributed by atoms with Crippen molar-refractivity contribution in [3.8, 4) is 0 Å². The topological polar surface area (TPSA) is 37.4 Å². The zero-order chi connectivity index (χ0) is 16.7. The van der Waals surface area contributed by atoms with Crippen LogP contribution in [0.2, 0.25) is 0 Å². The Morgan fingerprint density at radius 2 is 1.14 bits per heavy atom. The molecule has 0 aliphatic heterocycles. The number of rotatable bonds is 2. The van der Waals surface area contributed by atoms with Gasteiger partial charge in [0.15, 0.2) is 0 Å². The largest absolute Gasteiger partial charge is 0.345 e. The van der Waals surface area contributed by atoms with E-state index in [1.54, 1.807) is 31.1 Å². The minimum Gasteiger partial charge on any atom is -0.345 e. The maximum Gasteiger partial charge on any atom is 0.253 e. The number of aryl methyl sites for hydroxylation is 2. The molecule has 0 N–H and O–H groups in total. The number of nitrogens with zero attached hydrogens (tertiary/aromatic N) is 1. The van der Waals surface area contributed by atoms with Crippen LogP contribution < -0.4 is 0 Å². The Balaban J connectivity index is 0.000000224. The number of carbonyl (C=O) groups is 2. The van der Waals surface area contributed by atoms with Crippen molar-refractivity contribution in [1.29, 1.82) is 0 Å². The zero-order valence-electron chi connectivity index (χ0n) is 13.3. The van der Waals surface area contributed by atoms with Crippen LogP contribution in [-0.4, -0.2) is 30.1 Å². The Morgan fingerprint density at radius 3 is 1.45 bits per heavy atom. The summed E-state index contributed by atoms with van der Waals surface area (Å²) in [6.07, 6.45) is 0. The van der Waals surface area contributed by atoms with Crippen LogP contribution in [0.1, 0.15) is 31.8 Å². The van der Waals surface area contributed by atoms with E-state index in [0.717, 1.165) is 11.1 Å². The molecular formula is C18H20ClNO2. The van der Waals surface area contributed by atoms with Crippen molar-refractivity contribution < 1.29 is 9.59 Å². The Hall–Kier alpha value is -2.13. The van der Waals surface area contributed by atoms with Gasteiger partial charge in [-0.15, -0.1) is 0 Å². The fraction of sp³-hybridized carbons (Fsp3) is 0.222. The molecule has 2 aromatic carbocycles. The van der Waals surface area contributed by atoms with E-state index >= 15 is 0 Å². The molecular weight excluding hydrogens is 298 g/mol. The molecule has 0 atom stereocenters. The third kappa shape index (κ3) is 5.70. The first kappa shape index (κ1) is 17.9. The first-order valence-corrected chi connectivity index (χ1v) is 7.24. The highest BCUT2D eigenvalue weighted by Crippen LogP contribution is 2.05. The predicted octanol–water partition coefficient (Wildman–Crippen LogP) is 4.07. The molecule has 0 saturated heterocycles. The lowest BCUT2D eigenvalue weighted by atomic mass is 10.1. The molecule has 3 nitrogen and oxygen atoms in total. The molecule has 0 spiro atoms. The van der Waals surface area contributed by atoms with Gasteiger partial charge in [-0.1, -0.05) is 35.4 Å². The molecule has 4 heteroatoms. The van der Waals surface area contributed by atoms with Crippen molar-refractivity contribution in [3.05, 3.63) is 70.8 Å². The van der Waals surface area contributed by atoms with Crippen molar-refractivity contribution in [2.75, 3.05) is 14.1 Å². The van der Waals surface area contributed by atoms with E-state index in [0.29, 0.717) is 5.56 Å². The maximum absolute atomic E-state index is 11.4. The van der Waals surface area contributed by atoms with E-state index in [1.165, 1.54) is 5.56 Å². The molecule has 0 aliphatic carbocycles. The standard InChI is InChI=1S/C10H13NO.C8H7ClO/c1-8-4-6-9(7-5-8)10(12)11(2)3;1-6-2-4-7(5-3-6)8(9)10/h4-7H,1-3H3;2-5H,1H3. The monoisotopic (exact) mass is 317 g/mol. The fourth-order valence-corrected chi connectivity index (χ4v) is 1.76. The van der Waals surface area contributed by atoms with Gasteiger partial charge in [0, 0.05) is 25.2 Å². The Bertz CT molecular complexity index is 631. The lowest BCUT2D eigenvalue weighted by molar-refractivity contribution is 0.0827. The highest BCUT2D eigenvalue weighted by Gasteiger charge is 2.05. The summed E-state index contributed by atoms with van der Waals surface area (Å²) in [7, 11) is 3.50. The molecule has 22 heavy (non-hydrogen) atoms. The summed E-state index contributed by atoms with van der Waals surface area (Å²) in [5, 5.41) is -0.403. The first-order chi connectivity index (χ1) is 10.3. The maximum atomic E-state index is 11.4. The van der Waals surface area contributed by atoms with Gasteiger partial charge in [0.25, 0.3) is 11.1 Å². The molecule has 116 valence electrons. The van der Waals surface area contributed by atoms with Gasteiger partial charge < -0.3 is 4.90 Å². The summed E-state index contributed by atoms with van der Waals surface area (Å²) < 4.78 is 0. The summed E-state index contributed by atoms with van der Waals surface area (Å²) >= 11 is 5.22. The third-order valence-electron chi connectivity index (χ3n) is 2.98. The number of benzene rings is 2. The summed E-state index contributed by atoms with van der Waals surface area (Å²) in [6, 6.07) is 14.7. The normalized spacial score (nSPS) is 9.50. The van der Waals surface area contributed by atoms with Crippen LogP contribution >= 0.6 is 11.6 Å². The van der Waals surface area contributed by atoms with Crippen LogP contribution in [0.15, 0.2) is 48.5 Å². The van der Waals surface area contributed by atoms with E-state index < -0.39 is 5.24 Å². The van der Waals surface area contributed by atoms with Crippen molar-refractivity contribution in [2.45, 2.75) is 13.8 Å². The van der Waals surface area contributed by atoms with Crippen LogP contribution in [0.3, 0.4) is 0 Å². The molecule has 0 unspecified atom stereocenters. The van der Waals surface area contributed by atoms with Gasteiger partial charge in [0.2, 0.25) is 0 Å². The number of hydrogen-bond acceptors (Lipinski definition) is 2. The first-order valence-electron chi connectivity index (χ1n) is 6.86. The molecule has 0 bridgehead atoms. The van der Waals surface area contributed by atoms with Gasteiger partial charge >= 0.3 is 0 Å². The predicted molar refractivity (Wildman–Crippen MR) is 90.6 cm³/mol. The van der Waals surface area contributed by atoms with Gasteiger partial charge in [-0.25, -0.2) is 0 Å². The van der Waals surface area contributed by atoms with E-state index in [9.17, 15) is 9.59 Å². The molecule has 0 radical (unpaired) electrons. The minimum atomic E-state index is -0.403. The van der Waals surface area contributed by atoms with Gasteiger partial charge in [-0.2, -0.15) is 0 Å². The smallest absolute Gasteiger partial charge is 0.253 e. The SMILES string of the molecule is Cc1ccc(C(=O)Cl)cc1.Cc1ccc(C(=O)N(C)C)cc1. The molecule has 0 fully saturated rings. The lowest BCUT2D eigenvalue weighted by Gasteiger charge is -2.09. The van der Waals surface area contributed by atoms with E-state index in [-0.39, 0.29) is 5.91 Å². The van der Waals surface area contributed by atoms with Gasteiger partial charge in [-0.05, 0) is 49.7 Å². The number of hydrogen-bond donors (Lipinski definition) is 0. The number of amides is 1. The van der Waals surface area contributed by atoms with Gasteiger partial charge in [0.1, 0.15) is 0 Å². The Morgan fingerprint density at radius 1 is 0.773 bits per heavy atom. The summed E-state index contributed by atoms with van der Waals surface area (Å²) in [5.74, 6) is 0.0509. The number of halogens is 1. The van der Waals surface area contributed by atoms with E-state index in [2.05, 4.69) is 0 Å². The minimum absolute atomic E-state index is 0.0509. The molecule has 0 saturated carbocycles. The van der Waals surface area contributed by atoms with E-state index in [1.807, 2.05) is 50.2 Å². The second kappa shape index (κ2) is 8.35. The van der Waals surface area contributed by atoms with Crippen molar-refractivity contribution in [2.24, 2.45) is 0 Å². The van der Waals surface area contributed by atoms with Crippen LogP contribution in [-0.2, 0) is 0 Å². The Kier molecular flexibility index (Phi) is 6.80. The second-order valence-corrected chi connectivity index (χ2v) is 5.55. The molecule has 0 aliphatic rings. The van der Waals surface area contributed by atoms with Crippen LogP contribution in [0, 0.1) is 13.8 Å². The second-order valence-electron chi connectivity index (χ2n) is 5.21. The lowest BCUT2D eigenvalue weighted by Crippen LogP contribution is -2.21. The van der Waals surface area contributed by atoms with Gasteiger partial charge in [0.05, 0.1) is 0 Å². The average molecular weight is 318 g/mol. The molecule has 0 aromatic heterocycles. The zero-order valence-corrected chi connectivity index (χ0v) is 14.0. The third-order valence-corrected chi connectivity index (χ3v) is 3.20. The molecule has 2 rings (SSSR count). The highest BCUT2D eigenvalue weighted by molar-refractivity contribution is 6.67. The molecule has 2 aromatic rings. The summed E-state index contributed by atoms with van der Waals surface area (Å²) in [4.78, 5) is 23.5. The number of carbonyl (C=O) groups excluding carboxylic acids is 2. The van der Waals surface area contributed by atoms with Crippen molar-refractivity contribution in [1.82, 2.24) is 4.90 Å². The Labute approximate surface area is 136 Å². The van der Waals surface area contributed by atoms with Crippen molar-refractivity contribution >= 4 is 22.8 Å². The van der Waals surface area contributed by atoms with Crippen LogP contribution in [0.4, 0.5) is 0 Å². The molecule has 1 amide bonds. The van der Waals surface area contributed by atoms with Gasteiger partial charge in [-0.3, -0.25) is 9.59 Å².